The van der Waals surface area contributed by atoms with E-state index in [1.54, 1.807) is 0 Å². The number of hydrogen-bond donors (Lipinski definition) is 0. The Labute approximate surface area is 103 Å². The molecule has 2 aliphatic carbocycles. The van der Waals surface area contributed by atoms with Crippen LogP contribution < -0.4 is 0 Å². The first-order chi connectivity index (χ1) is 7.92. The second-order valence-electron chi connectivity index (χ2n) is 6.62. The second kappa shape index (κ2) is 3.23. The standard InChI is InChI=1S/C15H22O2/c1-9(2)11-8-14(4)10(3)6-5-7-15(14)13(17-15)12(11)16/h10,13H,5-8H2,1-4H3/t10-,13+,14+,15+/m0/s1. The number of ketones is 1. The van der Waals surface area contributed by atoms with Crippen LogP contribution in [0.2, 0.25) is 0 Å². The van der Waals surface area contributed by atoms with Crippen LogP contribution in [0.5, 0.6) is 0 Å². The summed E-state index contributed by atoms with van der Waals surface area (Å²) in [5.74, 6) is 0.931. The van der Waals surface area contributed by atoms with Gasteiger partial charge in [0, 0.05) is 5.41 Å². The minimum Gasteiger partial charge on any atom is -0.357 e. The lowest BCUT2D eigenvalue weighted by Crippen LogP contribution is -2.51. The zero-order chi connectivity index (χ0) is 12.4. The summed E-state index contributed by atoms with van der Waals surface area (Å²) in [5.41, 5.74) is 2.30. The molecule has 17 heavy (non-hydrogen) atoms. The molecule has 3 fully saturated rings. The van der Waals surface area contributed by atoms with Gasteiger partial charge in [-0.2, -0.15) is 0 Å². The smallest absolute Gasteiger partial charge is 0.190 e. The topological polar surface area (TPSA) is 29.6 Å². The van der Waals surface area contributed by atoms with Gasteiger partial charge in [0.05, 0.1) is 0 Å². The molecule has 0 amide bonds. The molecule has 0 aromatic carbocycles. The number of ether oxygens (including phenoxy) is 1. The molecule has 2 nitrogen and oxygen atoms in total. The highest BCUT2D eigenvalue weighted by molar-refractivity contribution is 6.03. The largest absolute Gasteiger partial charge is 0.357 e. The van der Waals surface area contributed by atoms with Crippen LogP contribution in [0.4, 0.5) is 0 Å². The maximum atomic E-state index is 12.3. The predicted octanol–water partition coefficient (Wildman–Crippen LogP) is 3.26. The first kappa shape index (κ1) is 11.5. The zero-order valence-electron chi connectivity index (χ0n) is 11.3. The third kappa shape index (κ3) is 1.22. The Morgan fingerprint density at radius 3 is 2.76 bits per heavy atom. The first-order valence-electron chi connectivity index (χ1n) is 6.81. The van der Waals surface area contributed by atoms with Gasteiger partial charge in [0.1, 0.15) is 5.60 Å². The number of epoxide rings is 1. The van der Waals surface area contributed by atoms with Crippen molar-refractivity contribution in [3.63, 3.8) is 0 Å². The van der Waals surface area contributed by atoms with Crippen LogP contribution in [-0.2, 0) is 9.53 Å². The lowest BCUT2D eigenvalue weighted by Gasteiger charge is -2.47. The van der Waals surface area contributed by atoms with Gasteiger partial charge in [-0.1, -0.05) is 25.8 Å². The van der Waals surface area contributed by atoms with E-state index >= 15 is 0 Å². The fourth-order valence-corrected chi connectivity index (χ4v) is 4.12. The summed E-state index contributed by atoms with van der Waals surface area (Å²) < 4.78 is 5.95. The van der Waals surface area contributed by atoms with Crippen molar-refractivity contribution in [3.8, 4) is 0 Å². The molecule has 0 radical (unpaired) electrons. The molecule has 2 saturated carbocycles. The van der Waals surface area contributed by atoms with Gasteiger partial charge in [0.2, 0.25) is 0 Å². The molecular weight excluding hydrogens is 212 g/mol. The van der Waals surface area contributed by atoms with Crippen molar-refractivity contribution in [3.05, 3.63) is 11.1 Å². The predicted molar refractivity (Wildman–Crippen MR) is 66.7 cm³/mol. The van der Waals surface area contributed by atoms with Gasteiger partial charge >= 0.3 is 0 Å². The Morgan fingerprint density at radius 1 is 1.41 bits per heavy atom. The molecule has 2 heteroatoms. The molecule has 1 spiro atoms. The minimum absolute atomic E-state index is 0.0965. The van der Waals surface area contributed by atoms with E-state index in [1.807, 2.05) is 0 Å². The van der Waals surface area contributed by atoms with Gasteiger partial charge in [-0.25, -0.2) is 0 Å². The maximum absolute atomic E-state index is 12.3. The number of Topliss-reactive ketones (excluding diaryl/α,β-unsaturated/α-hetero) is 1. The Balaban J connectivity index is 2.06. The number of carbonyl (C=O) groups excluding carboxylic acids is 1. The first-order valence-corrected chi connectivity index (χ1v) is 6.81. The van der Waals surface area contributed by atoms with Crippen molar-refractivity contribution in [1.29, 1.82) is 0 Å². The van der Waals surface area contributed by atoms with Crippen LogP contribution in [0.15, 0.2) is 11.1 Å². The molecule has 1 aliphatic heterocycles. The number of carbonyl (C=O) groups is 1. The van der Waals surface area contributed by atoms with Crippen LogP contribution >= 0.6 is 0 Å². The van der Waals surface area contributed by atoms with Crippen molar-refractivity contribution in [2.45, 2.75) is 65.1 Å². The molecule has 94 valence electrons. The Bertz CT molecular complexity index is 419. The Morgan fingerprint density at radius 2 is 2.12 bits per heavy atom. The lowest BCUT2D eigenvalue weighted by atomic mass is 9.54. The minimum atomic E-state index is -0.117. The quantitative estimate of drug-likeness (QED) is 0.475. The average molecular weight is 234 g/mol. The van der Waals surface area contributed by atoms with Gasteiger partial charge in [-0.15, -0.1) is 0 Å². The van der Waals surface area contributed by atoms with Crippen molar-refractivity contribution in [2.24, 2.45) is 11.3 Å². The molecule has 0 aromatic heterocycles. The van der Waals surface area contributed by atoms with Crippen LogP contribution in [0, 0.1) is 11.3 Å². The SMILES string of the molecule is CC(C)=C1C[C@]2(C)[C@@H](C)CCC[C@]23O[C@@H]3C1=O. The number of rotatable bonds is 0. The van der Waals surface area contributed by atoms with Crippen LogP contribution in [-0.4, -0.2) is 17.5 Å². The summed E-state index contributed by atoms with van der Waals surface area (Å²) in [6.07, 6.45) is 4.38. The van der Waals surface area contributed by atoms with E-state index < -0.39 is 0 Å². The summed E-state index contributed by atoms with van der Waals surface area (Å²) in [4.78, 5) is 12.3. The zero-order valence-corrected chi connectivity index (χ0v) is 11.3. The van der Waals surface area contributed by atoms with E-state index in [4.69, 9.17) is 4.74 Å². The highest BCUT2D eigenvalue weighted by Gasteiger charge is 2.74. The monoisotopic (exact) mass is 234 g/mol. The summed E-state index contributed by atoms with van der Waals surface area (Å²) in [7, 11) is 0. The van der Waals surface area contributed by atoms with Gasteiger partial charge < -0.3 is 4.74 Å². The molecular formula is C15H22O2. The fraction of sp³-hybridized carbons (Fsp3) is 0.800. The molecule has 0 unspecified atom stereocenters. The van der Waals surface area contributed by atoms with Crippen LogP contribution in [0.3, 0.4) is 0 Å². The normalized spacial score (nSPS) is 48.5. The molecule has 0 aromatic rings. The third-order valence-electron chi connectivity index (χ3n) is 5.62. The molecule has 0 bridgehead atoms. The molecule has 0 N–H and O–H groups in total. The average Bonchev–Trinajstić information content (AvgIpc) is 2.98. The van der Waals surface area contributed by atoms with Gasteiger partial charge in [-0.3, -0.25) is 4.79 Å². The van der Waals surface area contributed by atoms with Crippen molar-refractivity contribution >= 4 is 5.78 Å². The van der Waals surface area contributed by atoms with E-state index in [-0.39, 0.29) is 22.9 Å². The van der Waals surface area contributed by atoms with E-state index in [0.717, 1.165) is 18.4 Å². The third-order valence-corrected chi connectivity index (χ3v) is 5.62. The van der Waals surface area contributed by atoms with Crippen LogP contribution in [0.25, 0.3) is 0 Å². The highest BCUT2D eigenvalue weighted by atomic mass is 16.6. The fourth-order valence-electron chi connectivity index (χ4n) is 4.12. The van der Waals surface area contributed by atoms with Crippen molar-refractivity contribution < 1.29 is 9.53 Å². The molecule has 4 atom stereocenters. The molecule has 3 rings (SSSR count). The van der Waals surface area contributed by atoms with Crippen molar-refractivity contribution in [2.75, 3.05) is 0 Å². The number of allylic oxidation sites excluding steroid dienone is 1. The van der Waals surface area contributed by atoms with Gasteiger partial charge in [-0.05, 0) is 44.6 Å². The summed E-state index contributed by atoms with van der Waals surface area (Å²) in [5, 5.41) is 0. The maximum Gasteiger partial charge on any atom is 0.190 e. The van der Waals surface area contributed by atoms with Gasteiger partial charge in [0.25, 0.3) is 0 Å². The second-order valence-corrected chi connectivity index (χ2v) is 6.62. The summed E-state index contributed by atoms with van der Waals surface area (Å²) in [6, 6.07) is 0. The molecule has 1 saturated heterocycles. The molecule has 3 aliphatic rings. The van der Waals surface area contributed by atoms with E-state index in [9.17, 15) is 4.79 Å². The lowest BCUT2D eigenvalue weighted by molar-refractivity contribution is -0.118. The Kier molecular flexibility index (Phi) is 2.17. The van der Waals surface area contributed by atoms with Gasteiger partial charge in [0.15, 0.2) is 11.9 Å². The van der Waals surface area contributed by atoms with E-state index in [1.165, 1.54) is 18.4 Å². The number of hydrogen-bond acceptors (Lipinski definition) is 2. The van der Waals surface area contributed by atoms with Crippen LogP contribution in [0.1, 0.15) is 53.4 Å². The summed E-state index contributed by atoms with van der Waals surface area (Å²) >= 11 is 0. The summed E-state index contributed by atoms with van der Waals surface area (Å²) in [6.45, 7) is 8.78. The molecule has 1 heterocycles. The van der Waals surface area contributed by atoms with E-state index in [0.29, 0.717) is 5.92 Å². The highest BCUT2D eigenvalue weighted by Crippen LogP contribution is 2.66. The van der Waals surface area contributed by atoms with Crippen molar-refractivity contribution in [1.82, 2.24) is 0 Å². The van der Waals surface area contributed by atoms with E-state index in [2.05, 4.69) is 27.7 Å². The Hall–Kier alpha value is -0.630.